The molecule has 1 atom stereocenters. The quantitative estimate of drug-likeness (QED) is 0.821. The van der Waals surface area contributed by atoms with Crippen molar-refractivity contribution in [1.82, 2.24) is 25.1 Å². The molecular formula is C15H19N5O2. The summed E-state index contributed by atoms with van der Waals surface area (Å²) in [5.41, 5.74) is 1.14. The number of hydrogen-bond acceptors (Lipinski definition) is 5. The van der Waals surface area contributed by atoms with Crippen molar-refractivity contribution in [2.24, 2.45) is 0 Å². The third-order valence-corrected chi connectivity index (χ3v) is 4.03. The molecule has 1 unspecified atom stereocenters. The number of tetrazole rings is 1. The van der Waals surface area contributed by atoms with Gasteiger partial charge in [0.25, 0.3) is 0 Å². The Kier molecular flexibility index (Phi) is 4.32. The molecule has 1 saturated heterocycles. The molecule has 0 spiro atoms. The topological polar surface area (TPSA) is 73.1 Å². The summed E-state index contributed by atoms with van der Waals surface area (Å²) in [6.07, 6.45) is 4.31. The Bertz CT molecular complexity index is 629. The minimum atomic E-state index is 0.0599. The second-order valence-corrected chi connectivity index (χ2v) is 5.41. The number of amides is 1. The number of carbonyl (C=O) groups is 1. The molecule has 22 heavy (non-hydrogen) atoms. The molecule has 2 heterocycles. The van der Waals surface area contributed by atoms with Gasteiger partial charge in [-0.2, -0.15) is 0 Å². The summed E-state index contributed by atoms with van der Waals surface area (Å²) in [7, 11) is 1.67. The Hall–Kier alpha value is -2.44. The highest BCUT2D eigenvalue weighted by atomic mass is 16.5. The molecule has 0 saturated carbocycles. The first kappa shape index (κ1) is 14.5. The van der Waals surface area contributed by atoms with E-state index < -0.39 is 0 Å². The molecule has 116 valence electrons. The maximum atomic E-state index is 12.4. The van der Waals surface area contributed by atoms with Crippen molar-refractivity contribution in [3.05, 3.63) is 36.2 Å². The van der Waals surface area contributed by atoms with Crippen LogP contribution in [0.5, 0.6) is 5.75 Å². The van der Waals surface area contributed by atoms with Crippen LogP contribution < -0.4 is 4.74 Å². The number of rotatable bonds is 5. The summed E-state index contributed by atoms with van der Waals surface area (Å²) in [6.45, 7) is 0.982. The van der Waals surface area contributed by atoms with Crippen molar-refractivity contribution >= 4 is 5.91 Å². The van der Waals surface area contributed by atoms with Gasteiger partial charge in [-0.1, -0.05) is 18.2 Å². The van der Waals surface area contributed by atoms with Crippen LogP contribution in [-0.4, -0.2) is 50.7 Å². The van der Waals surface area contributed by atoms with Crippen LogP contribution in [0.3, 0.4) is 0 Å². The molecular weight excluding hydrogens is 282 g/mol. The van der Waals surface area contributed by atoms with Gasteiger partial charge in [0.15, 0.2) is 0 Å². The van der Waals surface area contributed by atoms with E-state index in [9.17, 15) is 4.79 Å². The number of methoxy groups -OCH3 is 1. The molecule has 1 amide bonds. The molecule has 7 nitrogen and oxygen atoms in total. The molecule has 0 bridgehead atoms. The standard InChI is InChI=1S/C15H19N5O2/c1-22-14-7-3-2-5-12(14)9-13-6-4-8-20(13)15(21)10-19-11-16-17-18-19/h2-3,5,7,11,13H,4,6,8-10H2,1H3. The van der Waals surface area contributed by atoms with Crippen molar-refractivity contribution in [2.75, 3.05) is 13.7 Å². The SMILES string of the molecule is COc1ccccc1CC1CCCN1C(=O)Cn1cnnn1. The van der Waals surface area contributed by atoms with Crippen LogP contribution in [0.1, 0.15) is 18.4 Å². The van der Waals surface area contributed by atoms with Crippen LogP contribution in [-0.2, 0) is 17.8 Å². The van der Waals surface area contributed by atoms with Crippen LogP contribution in [0.25, 0.3) is 0 Å². The predicted molar refractivity (Wildman–Crippen MR) is 79.3 cm³/mol. The summed E-state index contributed by atoms with van der Waals surface area (Å²) < 4.78 is 6.86. The number of benzene rings is 1. The Labute approximate surface area is 128 Å². The van der Waals surface area contributed by atoms with E-state index in [2.05, 4.69) is 21.6 Å². The number of ether oxygens (including phenoxy) is 1. The fraction of sp³-hybridized carbons (Fsp3) is 0.467. The third kappa shape index (κ3) is 3.08. The summed E-state index contributed by atoms with van der Waals surface area (Å²) in [5.74, 6) is 0.937. The average Bonchev–Trinajstić information content (AvgIpc) is 3.19. The van der Waals surface area contributed by atoms with Gasteiger partial charge >= 0.3 is 0 Å². The number of para-hydroxylation sites is 1. The van der Waals surface area contributed by atoms with Crippen molar-refractivity contribution in [3.8, 4) is 5.75 Å². The molecule has 2 aromatic rings. The van der Waals surface area contributed by atoms with Crippen LogP contribution >= 0.6 is 0 Å². The number of nitrogens with zero attached hydrogens (tertiary/aromatic N) is 5. The first-order chi connectivity index (χ1) is 10.8. The lowest BCUT2D eigenvalue weighted by Crippen LogP contribution is -2.39. The monoisotopic (exact) mass is 301 g/mol. The van der Waals surface area contributed by atoms with E-state index in [1.807, 2.05) is 23.1 Å². The Morgan fingerprint density at radius 3 is 3.05 bits per heavy atom. The van der Waals surface area contributed by atoms with Crippen molar-refractivity contribution in [3.63, 3.8) is 0 Å². The maximum absolute atomic E-state index is 12.4. The number of aromatic nitrogens is 4. The van der Waals surface area contributed by atoms with E-state index in [1.54, 1.807) is 7.11 Å². The largest absolute Gasteiger partial charge is 0.496 e. The first-order valence-electron chi connectivity index (χ1n) is 7.40. The zero-order chi connectivity index (χ0) is 15.4. The minimum absolute atomic E-state index is 0.0599. The number of carbonyl (C=O) groups excluding carboxylic acids is 1. The van der Waals surface area contributed by atoms with Gasteiger partial charge in [0.1, 0.15) is 18.6 Å². The second kappa shape index (κ2) is 6.55. The highest BCUT2D eigenvalue weighted by molar-refractivity contribution is 5.76. The predicted octanol–water partition coefficient (Wildman–Crippen LogP) is 0.915. The average molecular weight is 301 g/mol. The Balaban J connectivity index is 1.69. The first-order valence-corrected chi connectivity index (χ1v) is 7.40. The Morgan fingerprint density at radius 1 is 1.41 bits per heavy atom. The van der Waals surface area contributed by atoms with Crippen LogP contribution in [0.15, 0.2) is 30.6 Å². The fourth-order valence-electron chi connectivity index (χ4n) is 2.98. The van der Waals surface area contributed by atoms with E-state index in [0.29, 0.717) is 0 Å². The molecule has 1 fully saturated rings. The maximum Gasteiger partial charge on any atom is 0.244 e. The van der Waals surface area contributed by atoms with E-state index in [-0.39, 0.29) is 18.5 Å². The summed E-state index contributed by atoms with van der Waals surface area (Å²) in [6, 6.07) is 8.18. The summed E-state index contributed by atoms with van der Waals surface area (Å²) in [4.78, 5) is 14.4. The molecule has 0 radical (unpaired) electrons. The van der Waals surface area contributed by atoms with E-state index >= 15 is 0 Å². The lowest BCUT2D eigenvalue weighted by atomic mass is 10.0. The van der Waals surface area contributed by atoms with E-state index in [4.69, 9.17) is 4.74 Å². The lowest BCUT2D eigenvalue weighted by molar-refractivity contribution is -0.132. The minimum Gasteiger partial charge on any atom is -0.496 e. The molecule has 1 aliphatic heterocycles. The van der Waals surface area contributed by atoms with Gasteiger partial charge in [0.05, 0.1) is 7.11 Å². The third-order valence-electron chi connectivity index (χ3n) is 4.03. The number of hydrogen-bond donors (Lipinski definition) is 0. The molecule has 1 aromatic carbocycles. The summed E-state index contributed by atoms with van der Waals surface area (Å²) >= 11 is 0. The smallest absolute Gasteiger partial charge is 0.244 e. The van der Waals surface area contributed by atoms with Gasteiger partial charge in [0.2, 0.25) is 5.91 Å². The zero-order valence-corrected chi connectivity index (χ0v) is 12.6. The van der Waals surface area contributed by atoms with Gasteiger partial charge in [-0.3, -0.25) is 4.79 Å². The van der Waals surface area contributed by atoms with Crippen molar-refractivity contribution in [2.45, 2.75) is 31.8 Å². The van der Waals surface area contributed by atoms with Crippen LogP contribution in [0, 0.1) is 0 Å². The Morgan fingerprint density at radius 2 is 2.27 bits per heavy atom. The van der Waals surface area contributed by atoms with E-state index in [1.165, 1.54) is 11.0 Å². The highest BCUT2D eigenvalue weighted by Crippen LogP contribution is 2.26. The van der Waals surface area contributed by atoms with Gasteiger partial charge in [-0.15, -0.1) is 5.10 Å². The molecule has 1 aromatic heterocycles. The molecule has 3 rings (SSSR count). The van der Waals surface area contributed by atoms with Crippen molar-refractivity contribution in [1.29, 1.82) is 0 Å². The molecule has 7 heteroatoms. The fourth-order valence-corrected chi connectivity index (χ4v) is 2.98. The highest BCUT2D eigenvalue weighted by Gasteiger charge is 2.29. The van der Waals surface area contributed by atoms with Crippen LogP contribution in [0.4, 0.5) is 0 Å². The number of likely N-dealkylation sites (tertiary alicyclic amines) is 1. The zero-order valence-electron chi connectivity index (χ0n) is 12.6. The van der Waals surface area contributed by atoms with Gasteiger partial charge < -0.3 is 9.64 Å². The summed E-state index contributed by atoms with van der Waals surface area (Å²) in [5, 5.41) is 10.9. The van der Waals surface area contributed by atoms with E-state index in [0.717, 1.165) is 37.1 Å². The van der Waals surface area contributed by atoms with Crippen LogP contribution in [0.2, 0.25) is 0 Å². The molecule has 1 aliphatic rings. The molecule has 0 N–H and O–H groups in total. The van der Waals surface area contributed by atoms with Gasteiger partial charge in [0, 0.05) is 12.6 Å². The van der Waals surface area contributed by atoms with Gasteiger partial charge in [-0.25, -0.2) is 4.68 Å². The molecule has 0 aliphatic carbocycles. The van der Waals surface area contributed by atoms with Crippen molar-refractivity contribution < 1.29 is 9.53 Å². The second-order valence-electron chi connectivity index (χ2n) is 5.41. The lowest BCUT2D eigenvalue weighted by Gasteiger charge is -2.25. The normalized spacial score (nSPS) is 17.7. The van der Waals surface area contributed by atoms with Gasteiger partial charge in [-0.05, 0) is 41.3 Å².